The van der Waals surface area contributed by atoms with Crippen molar-refractivity contribution in [1.82, 2.24) is 5.32 Å². The molecule has 3 heteroatoms. The molecule has 14 heavy (non-hydrogen) atoms. The lowest BCUT2D eigenvalue weighted by molar-refractivity contribution is 0.301. The first-order valence-electron chi connectivity index (χ1n) is 5.23. The Morgan fingerprint density at radius 1 is 1.43 bits per heavy atom. The van der Waals surface area contributed by atoms with E-state index in [0.717, 1.165) is 24.8 Å². The van der Waals surface area contributed by atoms with Crippen molar-refractivity contribution in [2.45, 2.75) is 25.7 Å². The van der Waals surface area contributed by atoms with Crippen LogP contribution in [0.25, 0.3) is 0 Å². The molecule has 1 N–H and O–H groups in total. The van der Waals surface area contributed by atoms with Crippen molar-refractivity contribution in [1.29, 1.82) is 0 Å². The molecule has 2 rings (SSSR count). The van der Waals surface area contributed by atoms with Crippen LogP contribution in [-0.4, -0.2) is 13.1 Å². The van der Waals surface area contributed by atoms with Crippen LogP contribution in [0.3, 0.4) is 0 Å². The summed E-state index contributed by atoms with van der Waals surface area (Å²) in [6.45, 7) is 4.48. The van der Waals surface area contributed by atoms with E-state index < -0.39 is 0 Å². The summed E-state index contributed by atoms with van der Waals surface area (Å²) < 4.78 is 5.44. The van der Waals surface area contributed by atoms with E-state index in [-0.39, 0.29) is 0 Å². The van der Waals surface area contributed by atoms with Crippen molar-refractivity contribution in [2.24, 2.45) is 5.92 Å². The zero-order chi connectivity index (χ0) is 9.97. The van der Waals surface area contributed by atoms with Crippen LogP contribution in [0.15, 0.2) is 16.5 Å². The van der Waals surface area contributed by atoms with E-state index in [9.17, 15) is 0 Å². The van der Waals surface area contributed by atoms with Crippen LogP contribution in [0.1, 0.15) is 31.4 Å². The molecule has 1 aromatic heterocycles. The first kappa shape index (κ1) is 10.1. The highest BCUT2D eigenvalue weighted by molar-refractivity contribution is 6.28. The molecule has 0 saturated carbocycles. The van der Waals surface area contributed by atoms with Gasteiger partial charge in [0.2, 0.25) is 0 Å². The Balaban J connectivity index is 2.03. The summed E-state index contributed by atoms with van der Waals surface area (Å²) in [4.78, 5) is 0. The fourth-order valence-electron chi connectivity index (χ4n) is 2.15. The average Bonchev–Trinajstić information content (AvgIpc) is 2.65. The third kappa shape index (κ3) is 2.12. The van der Waals surface area contributed by atoms with Crippen LogP contribution in [0.5, 0.6) is 0 Å². The molecule has 0 radical (unpaired) electrons. The van der Waals surface area contributed by atoms with Gasteiger partial charge in [-0.25, -0.2) is 0 Å². The van der Waals surface area contributed by atoms with Crippen molar-refractivity contribution in [3.63, 3.8) is 0 Å². The Morgan fingerprint density at radius 3 is 2.71 bits per heavy atom. The van der Waals surface area contributed by atoms with Gasteiger partial charge < -0.3 is 9.73 Å². The summed E-state index contributed by atoms with van der Waals surface area (Å²) in [6, 6.07) is 3.82. The van der Waals surface area contributed by atoms with Gasteiger partial charge >= 0.3 is 0 Å². The smallest absolute Gasteiger partial charge is 0.193 e. The first-order chi connectivity index (χ1) is 6.77. The molecular weight excluding hydrogens is 198 g/mol. The molecule has 1 fully saturated rings. The van der Waals surface area contributed by atoms with Crippen LogP contribution in [0.2, 0.25) is 5.22 Å². The lowest BCUT2D eigenvalue weighted by Crippen LogP contribution is -2.30. The number of hydrogen-bond donors (Lipinski definition) is 1. The maximum Gasteiger partial charge on any atom is 0.193 e. The van der Waals surface area contributed by atoms with E-state index in [1.807, 2.05) is 12.1 Å². The van der Waals surface area contributed by atoms with Gasteiger partial charge in [0.15, 0.2) is 5.22 Å². The van der Waals surface area contributed by atoms with E-state index in [4.69, 9.17) is 16.0 Å². The quantitative estimate of drug-likeness (QED) is 0.817. The molecule has 1 aromatic rings. The van der Waals surface area contributed by atoms with E-state index in [2.05, 4.69) is 12.2 Å². The molecule has 0 bridgehead atoms. The fraction of sp³-hybridized carbons (Fsp3) is 0.636. The predicted molar refractivity (Wildman–Crippen MR) is 57.7 cm³/mol. The summed E-state index contributed by atoms with van der Waals surface area (Å²) in [5.41, 5.74) is 0. The molecule has 1 atom stereocenters. The van der Waals surface area contributed by atoms with E-state index >= 15 is 0 Å². The minimum absolute atomic E-state index is 0.490. The third-order valence-electron chi connectivity index (χ3n) is 3.13. The first-order valence-corrected chi connectivity index (χ1v) is 5.61. The Kier molecular flexibility index (Phi) is 3.14. The predicted octanol–water partition coefficient (Wildman–Crippen LogP) is 3.04. The second-order valence-corrected chi connectivity index (χ2v) is 4.39. The SMILES string of the molecule is CC(c1ccc(Cl)o1)C1CCNCC1. The normalized spacial score (nSPS) is 21.0. The highest BCUT2D eigenvalue weighted by Crippen LogP contribution is 2.32. The van der Waals surface area contributed by atoms with Crippen molar-refractivity contribution in [3.8, 4) is 0 Å². The number of rotatable bonds is 2. The molecule has 2 nitrogen and oxygen atoms in total. The minimum Gasteiger partial charge on any atom is -0.449 e. The monoisotopic (exact) mass is 213 g/mol. The summed E-state index contributed by atoms with van der Waals surface area (Å²) >= 11 is 5.76. The van der Waals surface area contributed by atoms with Crippen LogP contribution in [-0.2, 0) is 0 Å². The van der Waals surface area contributed by atoms with Crippen LogP contribution < -0.4 is 5.32 Å². The molecule has 78 valence electrons. The van der Waals surface area contributed by atoms with Crippen molar-refractivity contribution < 1.29 is 4.42 Å². The highest BCUT2D eigenvalue weighted by atomic mass is 35.5. The molecule has 0 aliphatic carbocycles. The zero-order valence-corrected chi connectivity index (χ0v) is 9.18. The molecular formula is C11H16ClNO. The van der Waals surface area contributed by atoms with Gasteiger partial charge in [0.05, 0.1) is 0 Å². The van der Waals surface area contributed by atoms with Crippen LogP contribution in [0, 0.1) is 5.92 Å². The van der Waals surface area contributed by atoms with Gasteiger partial charge in [-0.3, -0.25) is 0 Å². The lowest BCUT2D eigenvalue weighted by Gasteiger charge is -2.26. The molecule has 1 aliphatic rings. The molecule has 0 spiro atoms. The second kappa shape index (κ2) is 4.37. The Hall–Kier alpha value is -0.470. The molecule has 2 heterocycles. The molecule has 0 amide bonds. The van der Waals surface area contributed by atoms with Crippen LogP contribution >= 0.6 is 11.6 Å². The maximum absolute atomic E-state index is 5.76. The average molecular weight is 214 g/mol. The van der Waals surface area contributed by atoms with Gasteiger partial charge in [-0.2, -0.15) is 0 Å². The minimum atomic E-state index is 0.490. The van der Waals surface area contributed by atoms with Crippen LogP contribution in [0.4, 0.5) is 0 Å². The van der Waals surface area contributed by atoms with Gasteiger partial charge in [0.1, 0.15) is 5.76 Å². The van der Waals surface area contributed by atoms with Crippen molar-refractivity contribution in [3.05, 3.63) is 23.1 Å². The Morgan fingerprint density at radius 2 is 2.14 bits per heavy atom. The van der Waals surface area contributed by atoms with Gasteiger partial charge in [-0.05, 0) is 55.6 Å². The lowest BCUT2D eigenvalue weighted by atomic mass is 9.85. The number of hydrogen-bond acceptors (Lipinski definition) is 2. The third-order valence-corrected chi connectivity index (χ3v) is 3.34. The number of piperidine rings is 1. The van der Waals surface area contributed by atoms with Gasteiger partial charge in [-0.15, -0.1) is 0 Å². The second-order valence-electron chi connectivity index (χ2n) is 4.02. The van der Waals surface area contributed by atoms with E-state index in [0.29, 0.717) is 11.1 Å². The van der Waals surface area contributed by atoms with Gasteiger partial charge in [-0.1, -0.05) is 6.92 Å². The van der Waals surface area contributed by atoms with E-state index in [1.54, 1.807) is 0 Å². The Labute approximate surface area is 89.6 Å². The number of halogens is 1. The summed E-state index contributed by atoms with van der Waals surface area (Å²) in [6.07, 6.45) is 2.47. The molecule has 0 aromatic carbocycles. The Bertz CT molecular complexity index is 291. The van der Waals surface area contributed by atoms with Gasteiger partial charge in [0.25, 0.3) is 0 Å². The highest BCUT2D eigenvalue weighted by Gasteiger charge is 2.23. The topological polar surface area (TPSA) is 25.2 Å². The fourth-order valence-corrected chi connectivity index (χ4v) is 2.30. The maximum atomic E-state index is 5.76. The summed E-state index contributed by atoms with van der Waals surface area (Å²) in [7, 11) is 0. The summed E-state index contributed by atoms with van der Waals surface area (Å²) in [5.74, 6) is 2.25. The number of nitrogens with one attached hydrogen (secondary N) is 1. The van der Waals surface area contributed by atoms with Gasteiger partial charge in [0, 0.05) is 5.92 Å². The summed E-state index contributed by atoms with van der Waals surface area (Å²) in [5, 5.41) is 3.87. The molecule has 1 aliphatic heterocycles. The molecule has 1 saturated heterocycles. The zero-order valence-electron chi connectivity index (χ0n) is 8.42. The standard InChI is InChI=1S/C11H16ClNO/c1-8(9-4-6-13-7-5-9)10-2-3-11(12)14-10/h2-3,8-9,13H,4-7H2,1H3. The van der Waals surface area contributed by atoms with E-state index in [1.165, 1.54) is 12.8 Å². The largest absolute Gasteiger partial charge is 0.449 e. The molecule has 1 unspecified atom stereocenters. The van der Waals surface area contributed by atoms with Crippen molar-refractivity contribution >= 4 is 11.6 Å². The van der Waals surface area contributed by atoms with Crippen molar-refractivity contribution in [2.75, 3.05) is 13.1 Å². The number of furan rings is 1.